The monoisotopic (exact) mass is 434 g/mol. The molecule has 2 amide bonds. The van der Waals surface area contributed by atoms with Gasteiger partial charge in [0.25, 0.3) is 5.91 Å². The van der Waals surface area contributed by atoms with Crippen LogP contribution in [0.5, 0.6) is 0 Å². The number of halogens is 2. The van der Waals surface area contributed by atoms with Gasteiger partial charge in [0.15, 0.2) is 6.61 Å². The van der Waals surface area contributed by atoms with Crippen molar-refractivity contribution in [2.24, 2.45) is 5.92 Å². The standard InChI is InChI=1S/C21H20Cl2N2O4/c1-12-4-3-5-18(13(12)2)25-10-14(6-20(25)27)21(28)29-11-19(26)24-17-8-15(22)7-16(23)9-17/h3-5,7-9,14H,6,10-11H2,1-2H3,(H,24,26)/t14-/m1/s1. The van der Waals surface area contributed by atoms with Crippen molar-refractivity contribution in [1.82, 2.24) is 0 Å². The summed E-state index contributed by atoms with van der Waals surface area (Å²) in [5.74, 6) is -1.85. The van der Waals surface area contributed by atoms with Gasteiger partial charge in [0.1, 0.15) is 0 Å². The van der Waals surface area contributed by atoms with E-state index in [9.17, 15) is 14.4 Å². The third-order valence-corrected chi connectivity index (χ3v) is 5.25. The summed E-state index contributed by atoms with van der Waals surface area (Å²) in [6.45, 7) is 3.68. The highest BCUT2D eigenvalue weighted by Gasteiger charge is 2.37. The van der Waals surface area contributed by atoms with Crippen LogP contribution in [0.25, 0.3) is 0 Å². The number of esters is 1. The van der Waals surface area contributed by atoms with Crippen LogP contribution in [0.2, 0.25) is 10.0 Å². The molecule has 29 heavy (non-hydrogen) atoms. The van der Waals surface area contributed by atoms with Gasteiger partial charge in [-0.3, -0.25) is 14.4 Å². The first-order valence-corrected chi connectivity index (χ1v) is 9.79. The number of ether oxygens (including phenoxy) is 1. The van der Waals surface area contributed by atoms with Gasteiger partial charge in [0.2, 0.25) is 5.91 Å². The predicted octanol–water partition coefficient (Wildman–Crippen LogP) is 4.15. The van der Waals surface area contributed by atoms with E-state index in [1.165, 1.54) is 18.2 Å². The minimum atomic E-state index is -0.615. The number of benzene rings is 2. The fourth-order valence-electron chi connectivity index (χ4n) is 3.20. The lowest BCUT2D eigenvalue weighted by Gasteiger charge is -2.20. The Labute approximate surface area is 178 Å². The number of anilines is 2. The molecule has 0 aromatic heterocycles. The van der Waals surface area contributed by atoms with Crippen molar-refractivity contribution in [2.45, 2.75) is 20.3 Å². The number of nitrogens with one attached hydrogen (secondary N) is 1. The number of hydrogen-bond acceptors (Lipinski definition) is 4. The molecule has 1 N–H and O–H groups in total. The third-order valence-electron chi connectivity index (χ3n) is 4.82. The molecule has 152 valence electrons. The molecular formula is C21H20Cl2N2O4. The van der Waals surface area contributed by atoms with E-state index in [-0.39, 0.29) is 18.9 Å². The average molecular weight is 435 g/mol. The Morgan fingerprint density at radius 3 is 2.55 bits per heavy atom. The molecule has 1 atom stereocenters. The zero-order chi connectivity index (χ0) is 21.1. The molecule has 1 aliphatic rings. The molecular weight excluding hydrogens is 415 g/mol. The highest BCUT2D eigenvalue weighted by Crippen LogP contribution is 2.30. The lowest BCUT2D eigenvalue weighted by Crippen LogP contribution is -2.28. The van der Waals surface area contributed by atoms with Crippen LogP contribution in [0.15, 0.2) is 36.4 Å². The highest BCUT2D eigenvalue weighted by atomic mass is 35.5. The molecule has 1 fully saturated rings. The zero-order valence-electron chi connectivity index (χ0n) is 16.0. The van der Waals surface area contributed by atoms with E-state index in [0.717, 1.165) is 16.8 Å². The van der Waals surface area contributed by atoms with Gasteiger partial charge in [-0.2, -0.15) is 0 Å². The molecule has 1 saturated heterocycles. The molecule has 8 heteroatoms. The molecule has 3 rings (SSSR count). The van der Waals surface area contributed by atoms with Crippen molar-refractivity contribution >= 4 is 52.4 Å². The highest BCUT2D eigenvalue weighted by molar-refractivity contribution is 6.35. The minimum absolute atomic E-state index is 0.0533. The van der Waals surface area contributed by atoms with Crippen LogP contribution in [-0.2, 0) is 19.1 Å². The smallest absolute Gasteiger partial charge is 0.311 e. The predicted molar refractivity (Wildman–Crippen MR) is 112 cm³/mol. The van der Waals surface area contributed by atoms with Gasteiger partial charge in [0.05, 0.1) is 5.92 Å². The van der Waals surface area contributed by atoms with Gasteiger partial charge in [-0.1, -0.05) is 35.3 Å². The number of carbonyl (C=O) groups excluding carboxylic acids is 3. The van der Waals surface area contributed by atoms with Gasteiger partial charge in [-0.25, -0.2) is 0 Å². The van der Waals surface area contributed by atoms with E-state index in [0.29, 0.717) is 15.7 Å². The minimum Gasteiger partial charge on any atom is -0.455 e. The molecule has 0 spiro atoms. The van der Waals surface area contributed by atoms with E-state index < -0.39 is 24.4 Å². The average Bonchev–Trinajstić information content (AvgIpc) is 3.03. The SMILES string of the molecule is Cc1cccc(N2C[C@H](C(=O)OCC(=O)Nc3cc(Cl)cc(Cl)c3)CC2=O)c1C. The van der Waals surface area contributed by atoms with E-state index in [2.05, 4.69) is 5.32 Å². The summed E-state index contributed by atoms with van der Waals surface area (Å²) >= 11 is 11.8. The van der Waals surface area contributed by atoms with Crippen LogP contribution < -0.4 is 10.2 Å². The second kappa shape index (κ2) is 8.84. The summed E-state index contributed by atoms with van der Waals surface area (Å²) in [5, 5.41) is 3.32. The largest absolute Gasteiger partial charge is 0.455 e. The summed E-state index contributed by atoms with van der Waals surface area (Å²) in [6.07, 6.45) is 0.0533. The lowest BCUT2D eigenvalue weighted by atomic mass is 10.1. The molecule has 0 radical (unpaired) electrons. The van der Waals surface area contributed by atoms with Gasteiger partial charge < -0.3 is 15.0 Å². The van der Waals surface area contributed by atoms with E-state index in [1.54, 1.807) is 4.90 Å². The fraction of sp³-hybridized carbons (Fsp3) is 0.286. The summed E-state index contributed by atoms with van der Waals surface area (Å²) in [5.41, 5.74) is 3.26. The van der Waals surface area contributed by atoms with Crippen LogP contribution in [-0.4, -0.2) is 30.9 Å². The first-order chi connectivity index (χ1) is 13.7. The Morgan fingerprint density at radius 1 is 1.17 bits per heavy atom. The number of nitrogens with zero attached hydrogens (tertiary/aromatic N) is 1. The van der Waals surface area contributed by atoms with E-state index in [1.807, 2.05) is 32.0 Å². The topological polar surface area (TPSA) is 75.7 Å². The molecule has 1 heterocycles. The molecule has 1 aliphatic heterocycles. The van der Waals surface area contributed by atoms with Crippen LogP contribution >= 0.6 is 23.2 Å². The first-order valence-electron chi connectivity index (χ1n) is 9.03. The normalized spacial score (nSPS) is 16.1. The van der Waals surface area contributed by atoms with E-state index >= 15 is 0 Å². The maximum atomic E-state index is 12.4. The van der Waals surface area contributed by atoms with Crippen molar-refractivity contribution in [2.75, 3.05) is 23.4 Å². The maximum Gasteiger partial charge on any atom is 0.311 e. The molecule has 2 aromatic carbocycles. The Kier molecular flexibility index (Phi) is 6.45. The lowest BCUT2D eigenvalue weighted by molar-refractivity contribution is -0.151. The number of aryl methyl sites for hydroxylation is 1. The van der Waals surface area contributed by atoms with Crippen molar-refractivity contribution in [3.05, 3.63) is 57.6 Å². The molecule has 0 aliphatic carbocycles. The summed E-state index contributed by atoms with van der Waals surface area (Å²) < 4.78 is 5.11. The number of amides is 2. The summed E-state index contributed by atoms with van der Waals surface area (Å²) in [6, 6.07) is 10.3. The van der Waals surface area contributed by atoms with Crippen molar-refractivity contribution in [1.29, 1.82) is 0 Å². The van der Waals surface area contributed by atoms with Crippen LogP contribution in [0.3, 0.4) is 0 Å². The second-order valence-corrected chi connectivity index (χ2v) is 7.81. The molecule has 0 unspecified atom stereocenters. The first kappa shape index (κ1) is 21.1. The zero-order valence-corrected chi connectivity index (χ0v) is 17.5. The van der Waals surface area contributed by atoms with Gasteiger partial charge in [-0.15, -0.1) is 0 Å². The van der Waals surface area contributed by atoms with Crippen molar-refractivity contribution in [3.63, 3.8) is 0 Å². The quantitative estimate of drug-likeness (QED) is 0.717. The Morgan fingerprint density at radius 2 is 1.86 bits per heavy atom. The van der Waals surface area contributed by atoms with Gasteiger partial charge in [-0.05, 0) is 49.2 Å². The maximum absolute atomic E-state index is 12.4. The number of rotatable bonds is 5. The summed E-state index contributed by atoms with van der Waals surface area (Å²) in [7, 11) is 0. The van der Waals surface area contributed by atoms with E-state index in [4.69, 9.17) is 27.9 Å². The Balaban J connectivity index is 1.56. The van der Waals surface area contributed by atoms with Crippen LogP contribution in [0, 0.1) is 19.8 Å². The molecule has 0 bridgehead atoms. The number of carbonyl (C=O) groups is 3. The summed E-state index contributed by atoms with van der Waals surface area (Å²) in [4.78, 5) is 38.4. The van der Waals surface area contributed by atoms with Crippen molar-refractivity contribution in [3.8, 4) is 0 Å². The molecule has 2 aromatic rings. The Bertz CT molecular complexity index is 957. The molecule has 0 saturated carbocycles. The number of hydrogen-bond donors (Lipinski definition) is 1. The fourth-order valence-corrected chi connectivity index (χ4v) is 3.73. The van der Waals surface area contributed by atoms with Crippen molar-refractivity contribution < 1.29 is 19.1 Å². The van der Waals surface area contributed by atoms with Gasteiger partial charge in [0, 0.05) is 34.4 Å². The second-order valence-electron chi connectivity index (χ2n) is 6.94. The van der Waals surface area contributed by atoms with Gasteiger partial charge >= 0.3 is 5.97 Å². The third kappa shape index (κ3) is 5.08. The molecule has 6 nitrogen and oxygen atoms in total. The van der Waals surface area contributed by atoms with Crippen LogP contribution in [0.4, 0.5) is 11.4 Å². The Hall–Kier alpha value is -2.57. The van der Waals surface area contributed by atoms with Crippen LogP contribution in [0.1, 0.15) is 17.5 Å².